The van der Waals surface area contributed by atoms with Gasteiger partial charge in [-0.25, -0.2) is 4.98 Å². The lowest BCUT2D eigenvalue weighted by molar-refractivity contribution is -0.133. The molecule has 0 unspecified atom stereocenters. The van der Waals surface area contributed by atoms with Gasteiger partial charge in [0.05, 0.1) is 0 Å². The van der Waals surface area contributed by atoms with E-state index in [-0.39, 0.29) is 10.7 Å². The maximum absolute atomic E-state index is 13.1. The van der Waals surface area contributed by atoms with Gasteiger partial charge in [-0.05, 0) is 5.56 Å². The Kier molecular flexibility index (Phi) is 2.75. The molecule has 0 aliphatic carbocycles. The van der Waals surface area contributed by atoms with E-state index in [9.17, 15) is 13.2 Å². The van der Waals surface area contributed by atoms with Crippen molar-refractivity contribution in [2.24, 2.45) is 0 Å². The van der Waals surface area contributed by atoms with Crippen LogP contribution in [0.1, 0.15) is 4.88 Å². The maximum atomic E-state index is 13.1. The van der Waals surface area contributed by atoms with Crippen LogP contribution in [0.4, 0.5) is 18.3 Å². The number of thiazole rings is 1. The van der Waals surface area contributed by atoms with E-state index in [0.29, 0.717) is 26.4 Å². The Labute approximate surface area is 114 Å². The summed E-state index contributed by atoms with van der Waals surface area (Å²) in [6, 6.07) is 8.46. The molecule has 1 aromatic carbocycles. The summed E-state index contributed by atoms with van der Waals surface area (Å²) in [6.45, 7) is 0. The van der Waals surface area contributed by atoms with Gasteiger partial charge in [-0.1, -0.05) is 41.7 Å². The average Bonchev–Trinajstić information content (AvgIpc) is 2.85. The number of anilines is 1. The van der Waals surface area contributed by atoms with Crippen molar-refractivity contribution in [3.63, 3.8) is 0 Å². The van der Waals surface area contributed by atoms with Gasteiger partial charge in [0, 0.05) is 5.56 Å². The van der Waals surface area contributed by atoms with Gasteiger partial charge in [0.1, 0.15) is 14.4 Å². The summed E-state index contributed by atoms with van der Waals surface area (Å²) < 4.78 is 39.8. The molecule has 0 amide bonds. The smallest absolute Gasteiger partial charge is 0.375 e. The van der Waals surface area contributed by atoms with Crippen molar-refractivity contribution in [2.45, 2.75) is 6.18 Å². The van der Waals surface area contributed by atoms with Crippen LogP contribution in [0.25, 0.3) is 20.7 Å². The fourth-order valence-electron chi connectivity index (χ4n) is 1.87. The SMILES string of the molecule is Nc1nc2c(-c3ccccc3)c(C(F)(F)F)sc2s1. The molecule has 7 heteroatoms. The molecule has 0 atom stereocenters. The first-order valence-corrected chi connectivity index (χ1v) is 6.91. The van der Waals surface area contributed by atoms with Crippen molar-refractivity contribution in [2.75, 3.05) is 5.73 Å². The number of fused-ring (bicyclic) bond motifs is 1. The summed E-state index contributed by atoms with van der Waals surface area (Å²) >= 11 is 1.78. The van der Waals surface area contributed by atoms with Crippen molar-refractivity contribution < 1.29 is 13.2 Å². The van der Waals surface area contributed by atoms with Crippen LogP contribution in [0, 0.1) is 0 Å². The van der Waals surface area contributed by atoms with Gasteiger partial charge in [0.25, 0.3) is 0 Å². The third-order valence-electron chi connectivity index (χ3n) is 2.59. The van der Waals surface area contributed by atoms with E-state index in [1.807, 2.05) is 0 Å². The van der Waals surface area contributed by atoms with E-state index in [2.05, 4.69) is 4.98 Å². The number of benzene rings is 1. The number of aromatic nitrogens is 1. The number of alkyl halides is 3. The number of nitrogens with two attached hydrogens (primary N) is 1. The third-order valence-corrected chi connectivity index (χ3v) is 4.79. The van der Waals surface area contributed by atoms with E-state index in [1.54, 1.807) is 30.3 Å². The van der Waals surface area contributed by atoms with Crippen molar-refractivity contribution >= 4 is 37.3 Å². The van der Waals surface area contributed by atoms with Crippen LogP contribution in [-0.2, 0) is 6.18 Å². The Balaban J connectivity index is 2.36. The number of halogens is 3. The molecule has 19 heavy (non-hydrogen) atoms. The largest absolute Gasteiger partial charge is 0.426 e. The molecule has 2 heterocycles. The molecule has 2 nitrogen and oxygen atoms in total. The van der Waals surface area contributed by atoms with E-state index in [4.69, 9.17) is 5.73 Å². The summed E-state index contributed by atoms with van der Waals surface area (Å²) in [5.41, 5.74) is 6.54. The summed E-state index contributed by atoms with van der Waals surface area (Å²) in [5.74, 6) is 0. The topological polar surface area (TPSA) is 38.9 Å². The molecule has 2 N–H and O–H groups in total. The summed E-state index contributed by atoms with van der Waals surface area (Å²) in [6.07, 6.45) is -4.38. The van der Waals surface area contributed by atoms with Crippen LogP contribution in [0.3, 0.4) is 0 Å². The van der Waals surface area contributed by atoms with E-state index in [0.717, 1.165) is 11.3 Å². The first kappa shape index (κ1) is 12.4. The van der Waals surface area contributed by atoms with Crippen LogP contribution in [0.2, 0.25) is 0 Å². The first-order chi connectivity index (χ1) is 8.97. The fraction of sp³-hybridized carbons (Fsp3) is 0.0833. The lowest BCUT2D eigenvalue weighted by Gasteiger charge is -2.07. The van der Waals surface area contributed by atoms with Crippen molar-refractivity contribution in [1.82, 2.24) is 4.98 Å². The van der Waals surface area contributed by atoms with Crippen LogP contribution in [0.5, 0.6) is 0 Å². The van der Waals surface area contributed by atoms with Gasteiger partial charge < -0.3 is 5.73 Å². The first-order valence-electron chi connectivity index (χ1n) is 5.28. The molecule has 3 rings (SSSR count). The minimum absolute atomic E-state index is 0.126. The molecular formula is C12H7F3N2S2. The van der Waals surface area contributed by atoms with E-state index < -0.39 is 11.1 Å². The van der Waals surface area contributed by atoms with Gasteiger partial charge in [-0.3, -0.25) is 0 Å². The molecule has 0 spiro atoms. The van der Waals surface area contributed by atoms with Crippen molar-refractivity contribution in [1.29, 1.82) is 0 Å². The highest BCUT2D eigenvalue weighted by molar-refractivity contribution is 7.40. The molecule has 0 radical (unpaired) electrons. The highest BCUT2D eigenvalue weighted by Crippen LogP contribution is 2.48. The minimum Gasteiger partial charge on any atom is -0.375 e. The van der Waals surface area contributed by atoms with Crippen LogP contribution < -0.4 is 5.73 Å². The lowest BCUT2D eigenvalue weighted by atomic mass is 10.1. The zero-order chi connectivity index (χ0) is 13.6. The quantitative estimate of drug-likeness (QED) is 0.712. The predicted molar refractivity (Wildman–Crippen MR) is 72.3 cm³/mol. The van der Waals surface area contributed by atoms with E-state index in [1.165, 1.54) is 0 Å². The Bertz CT molecular complexity index is 729. The van der Waals surface area contributed by atoms with Gasteiger partial charge in [0.2, 0.25) is 0 Å². The number of nitrogen functional groups attached to an aromatic ring is 1. The number of nitrogens with zero attached hydrogens (tertiary/aromatic N) is 1. The van der Waals surface area contributed by atoms with Gasteiger partial charge in [0.15, 0.2) is 5.13 Å². The molecular weight excluding hydrogens is 293 g/mol. The average molecular weight is 300 g/mol. The highest BCUT2D eigenvalue weighted by atomic mass is 32.2. The van der Waals surface area contributed by atoms with Gasteiger partial charge >= 0.3 is 6.18 Å². The maximum Gasteiger partial charge on any atom is 0.426 e. The Morgan fingerprint density at radius 2 is 1.74 bits per heavy atom. The zero-order valence-corrected chi connectivity index (χ0v) is 11.0. The monoisotopic (exact) mass is 300 g/mol. The second kappa shape index (κ2) is 4.21. The molecule has 3 aromatic rings. The molecule has 0 aliphatic rings. The fourth-order valence-corrected chi connectivity index (χ4v) is 3.98. The Morgan fingerprint density at radius 1 is 1.05 bits per heavy atom. The van der Waals surface area contributed by atoms with Crippen LogP contribution in [0.15, 0.2) is 30.3 Å². The van der Waals surface area contributed by atoms with Crippen LogP contribution in [-0.4, -0.2) is 4.98 Å². The number of rotatable bonds is 1. The Hall–Kier alpha value is -1.60. The minimum atomic E-state index is -4.38. The molecule has 0 aliphatic heterocycles. The summed E-state index contributed by atoms with van der Waals surface area (Å²) in [5, 5.41) is 0.284. The van der Waals surface area contributed by atoms with Gasteiger partial charge in [-0.2, -0.15) is 13.2 Å². The number of hydrogen-bond donors (Lipinski definition) is 1. The predicted octanol–water partition coefficient (Wildman–Crippen LogP) is 4.63. The second-order valence-electron chi connectivity index (χ2n) is 3.86. The molecule has 0 bridgehead atoms. The molecule has 0 saturated carbocycles. The summed E-state index contributed by atoms with van der Waals surface area (Å²) in [4.78, 5) is 3.41. The van der Waals surface area contributed by atoms with Crippen molar-refractivity contribution in [3.05, 3.63) is 35.2 Å². The number of hydrogen-bond acceptors (Lipinski definition) is 4. The summed E-state index contributed by atoms with van der Waals surface area (Å²) in [7, 11) is 0. The molecule has 0 fully saturated rings. The third kappa shape index (κ3) is 2.08. The standard InChI is InChI=1S/C12H7F3N2S2/c13-12(14,15)9-7(6-4-2-1-3-5-6)8-10(18-9)19-11(16)17-8/h1-5H,(H2,16,17). The van der Waals surface area contributed by atoms with Crippen LogP contribution >= 0.6 is 22.7 Å². The molecule has 98 valence electrons. The zero-order valence-electron chi connectivity index (χ0n) is 9.36. The lowest BCUT2D eigenvalue weighted by Crippen LogP contribution is -2.03. The molecule has 2 aromatic heterocycles. The second-order valence-corrected chi connectivity index (χ2v) is 6.17. The van der Waals surface area contributed by atoms with E-state index >= 15 is 0 Å². The normalized spacial score (nSPS) is 12.2. The highest BCUT2D eigenvalue weighted by Gasteiger charge is 2.38. The van der Waals surface area contributed by atoms with Gasteiger partial charge in [-0.15, -0.1) is 11.3 Å². The number of thiophene rings is 1. The van der Waals surface area contributed by atoms with Crippen molar-refractivity contribution in [3.8, 4) is 11.1 Å². The molecule has 0 saturated heterocycles. The Morgan fingerprint density at radius 3 is 2.37 bits per heavy atom.